The van der Waals surface area contributed by atoms with Crippen LogP contribution in [0.5, 0.6) is 5.75 Å². The molecule has 4 N–H and O–H groups in total. The molecular weight excluding hydrogens is 394 g/mol. The van der Waals surface area contributed by atoms with Crippen molar-refractivity contribution in [2.75, 3.05) is 10.6 Å². The number of nitrogens with two attached hydrogens (primary N) is 1. The first kappa shape index (κ1) is 21.6. The Balaban J connectivity index is 1.64. The molecule has 0 aliphatic rings. The largest absolute Gasteiger partial charge is 0.488 e. The van der Waals surface area contributed by atoms with E-state index in [4.69, 9.17) is 10.5 Å². The molecule has 3 aromatic carbocycles. The molecule has 0 fully saturated rings. The van der Waals surface area contributed by atoms with Crippen molar-refractivity contribution >= 4 is 29.1 Å². The predicted molar refractivity (Wildman–Crippen MR) is 119 cm³/mol. The van der Waals surface area contributed by atoms with Gasteiger partial charge in [0, 0.05) is 23.4 Å². The van der Waals surface area contributed by atoms with E-state index in [1.165, 1.54) is 0 Å². The quantitative estimate of drug-likeness (QED) is 0.515. The van der Waals surface area contributed by atoms with Crippen LogP contribution in [-0.4, -0.2) is 17.7 Å². The molecule has 0 unspecified atom stereocenters. The fourth-order valence-corrected chi connectivity index (χ4v) is 2.85. The normalized spacial score (nSPS) is 10.2. The molecule has 0 aliphatic heterocycles. The lowest BCUT2D eigenvalue weighted by atomic mass is 10.1. The number of para-hydroxylation sites is 1. The van der Waals surface area contributed by atoms with Gasteiger partial charge in [0.2, 0.25) is 5.91 Å². The van der Waals surface area contributed by atoms with E-state index in [0.717, 1.165) is 5.56 Å². The van der Waals surface area contributed by atoms with Crippen molar-refractivity contribution in [1.82, 2.24) is 0 Å². The van der Waals surface area contributed by atoms with Crippen molar-refractivity contribution in [2.45, 2.75) is 20.0 Å². The van der Waals surface area contributed by atoms with Gasteiger partial charge in [0.1, 0.15) is 12.4 Å². The molecule has 3 rings (SSSR count). The first-order valence-corrected chi connectivity index (χ1v) is 9.78. The summed E-state index contributed by atoms with van der Waals surface area (Å²) >= 11 is 0. The van der Waals surface area contributed by atoms with E-state index >= 15 is 0 Å². The molecule has 0 spiro atoms. The summed E-state index contributed by atoms with van der Waals surface area (Å²) in [5, 5.41) is 5.58. The number of ether oxygens (including phenoxy) is 1. The minimum atomic E-state index is -0.566. The number of carbonyl (C=O) groups excluding carboxylic acids is 3. The maximum Gasteiger partial charge on any atom is 0.255 e. The molecule has 0 atom stereocenters. The van der Waals surface area contributed by atoms with Crippen LogP contribution >= 0.6 is 0 Å². The summed E-state index contributed by atoms with van der Waals surface area (Å²) in [6.45, 7) is 1.96. The molecule has 0 bridgehead atoms. The zero-order valence-corrected chi connectivity index (χ0v) is 17.1. The molecule has 0 radical (unpaired) electrons. The average Bonchev–Trinajstić information content (AvgIpc) is 2.79. The van der Waals surface area contributed by atoms with E-state index in [0.29, 0.717) is 34.7 Å². The Bertz CT molecular complexity index is 1090. The van der Waals surface area contributed by atoms with Crippen LogP contribution in [0.2, 0.25) is 0 Å². The Hall–Kier alpha value is -4.13. The Kier molecular flexibility index (Phi) is 7.01. The van der Waals surface area contributed by atoms with Crippen LogP contribution < -0.4 is 21.1 Å². The first-order chi connectivity index (χ1) is 15.0. The Morgan fingerprint density at radius 1 is 0.871 bits per heavy atom. The molecule has 3 amide bonds. The summed E-state index contributed by atoms with van der Waals surface area (Å²) in [5.41, 5.74) is 8.18. The van der Waals surface area contributed by atoms with Gasteiger partial charge in [-0.25, -0.2) is 0 Å². The summed E-state index contributed by atoms with van der Waals surface area (Å²) in [7, 11) is 0. The highest BCUT2D eigenvalue weighted by Gasteiger charge is 2.10. The minimum Gasteiger partial charge on any atom is -0.488 e. The number of carbonyl (C=O) groups is 3. The highest BCUT2D eigenvalue weighted by Crippen LogP contribution is 2.20. The third kappa shape index (κ3) is 5.93. The molecule has 0 saturated heterocycles. The number of hydrogen-bond acceptors (Lipinski definition) is 4. The number of nitrogens with one attached hydrogen (secondary N) is 2. The van der Waals surface area contributed by atoms with Crippen molar-refractivity contribution in [3.05, 3.63) is 89.5 Å². The maximum absolute atomic E-state index is 12.6. The van der Waals surface area contributed by atoms with Crippen LogP contribution in [0.4, 0.5) is 11.4 Å². The fraction of sp³-hybridized carbons (Fsp3) is 0.125. The molecule has 7 nitrogen and oxygen atoms in total. The SMILES string of the molecule is CCC(=O)Nc1ccc(NC(=O)c2cccc(COc3ccccc3C(N)=O)c2)cc1. The Morgan fingerprint density at radius 2 is 1.55 bits per heavy atom. The van der Waals surface area contributed by atoms with E-state index in [1.54, 1.807) is 73.7 Å². The monoisotopic (exact) mass is 417 g/mol. The van der Waals surface area contributed by atoms with Gasteiger partial charge in [-0.1, -0.05) is 31.2 Å². The number of primary amides is 1. The van der Waals surface area contributed by atoms with Crippen LogP contribution in [0.3, 0.4) is 0 Å². The van der Waals surface area contributed by atoms with E-state index in [-0.39, 0.29) is 18.4 Å². The average molecular weight is 417 g/mol. The zero-order chi connectivity index (χ0) is 22.2. The predicted octanol–water partition coefficient (Wildman–Crippen LogP) is 3.97. The van der Waals surface area contributed by atoms with Crippen LogP contribution in [0.15, 0.2) is 72.8 Å². The van der Waals surface area contributed by atoms with E-state index < -0.39 is 5.91 Å². The van der Waals surface area contributed by atoms with Crippen LogP contribution in [0.1, 0.15) is 39.6 Å². The van der Waals surface area contributed by atoms with E-state index in [2.05, 4.69) is 10.6 Å². The molecule has 31 heavy (non-hydrogen) atoms. The first-order valence-electron chi connectivity index (χ1n) is 9.78. The molecule has 3 aromatic rings. The van der Waals surface area contributed by atoms with Crippen molar-refractivity contribution in [3.8, 4) is 5.75 Å². The molecule has 7 heteroatoms. The van der Waals surface area contributed by atoms with Gasteiger partial charge < -0.3 is 21.1 Å². The van der Waals surface area contributed by atoms with Gasteiger partial charge in [0.25, 0.3) is 11.8 Å². The number of rotatable bonds is 8. The molecule has 0 heterocycles. The van der Waals surface area contributed by atoms with Crippen LogP contribution in [0.25, 0.3) is 0 Å². The van der Waals surface area contributed by atoms with E-state index in [9.17, 15) is 14.4 Å². The lowest BCUT2D eigenvalue weighted by molar-refractivity contribution is -0.115. The van der Waals surface area contributed by atoms with Crippen LogP contribution in [0, 0.1) is 0 Å². The summed E-state index contributed by atoms with van der Waals surface area (Å²) in [6.07, 6.45) is 0.395. The van der Waals surface area contributed by atoms with Gasteiger partial charge >= 0.3 is 0 Å². The smallest absolute Gasteiger partial charge is 0.255 e. The van der Waals surface area contributed by atoms with Crippen LogP contribution in [-0.2, 0) is 11.4 Å². The van der Waals surface area contributed by atoms with Gasteiger partial charge in [-0.3, -0.25) is 14.4 Å². The lowest BCUT2D eigenvalue weighted by Gasteiger charge is -2.11. The van der Waals surface area contributed by atoms with Gasteiger partial charge in [0.05, 0.1) is 5.56 Å². The Labute approximate surface area is 180 Å². The summed E-state index contributed by atoms with van der Waals surface area (Å²) in [6, 6.07) is 20.6. The topological polar surface area (TPSA) is 111 Å². The third-order valence-electron chi connectivity index (χ3n) is 4.48. The molecule has 0 aliphatic carbocycles. The maximum atomic E-state index is 12.6. The number of anilines is 2. The number of benzene rings is 3. The summed E-state index contributed by atoms with van der Waals surface area (Å²) in [5.74, 6) is -0.525. The van der Waals surface area contributed by atoms with Gasteiger partial charge in [-0.2, -0.15) is 0 Å². The number of amides is 3. The molecule has 0 aromatic heterocycles. The fourth-order valence-electron chi connectivity index (χ4n) is 2.85. The Morgan fingerprint density at radius 3 is 2.23 bits per heavy atom. The highest BCUT2D eigenvalue weighted by atomic mass is 16.5. The second-order valence-corrected chi connectivity index (χ2v) is 6.78. The van der Waals surface area contributed by atoms with Gasteiger partial charge in [0.15, 0.2) is 0 Å². The van der Waals surface area contributed by atoms with Gasteiger partial charge in [-0.05, 0) is 54.1 Å². The summed E-state index contributed by atoms with van der Waals surface area (Å²) in [4.78, 5) is 35.6. The molecule has 158 valence electrons. The van der Waals surface area contributed by atoms with Crippen molar-refractivity contribution < 1.29 is 19.1 Å². The van der Waals surface area contributed by atoms with Crippen molar-refractivity contribution in [1.29, 1.82) is 0 Å². The molecular formula is C24H23N3O4. The second-order valence-electron chi connectivity index (χ2n) is 6.78. The number of hydrogen-bond donors (Lipinski definition) is 3. The third-order valence-corrected chi connectivity index (χ3v) is 4.48. The lowest BCUT2D eigenvalue weighted by Crippen LogP contribution is -2.14. The minimum absolute atomic E-state index is 0.0747. The molecule has 0 saturated carbocycles. The second kappa shape index (κ2) is 10.1. The standard InChI is InChI=1S/C24H23N3O4/c1-2-22(28)26-18-10-12-19(13-11-18)27-24(30)17-7-5-6-16(14-17)15-31-21-9-4-3-8-20(21)23(25)29/h3-14H,2,15H2,1H3,(H2,25,29)(H,26,28)(H,27,30). The van der Waals surface area contributed by atoms with Gasteiger partial charge in [-0.15, -0.1) is 0 Å². The van der Waals surface area contributed by atoms with Crippen molar-refractivity contribution in [2.24, 2.45) is 5.73 Å². The summed E-state index contributed by atoms with van der Waals surface area (Å²) < 4.78 is 5.72. The highest BCUT2D eigenvalue weighted by molar-refractivity contribution is 6.04. The zero-order valence-electron chi connectivity index (χ0n) is 17.1. The van der Waals surface area contributed by atoms with Crippen molar-refractivity contribution in [3.63, 3.8) is 0 Å². The van der Waals surface area contributed by atoms with E-state index in [1.807, 2.05) is 6.07 Å².